The highest BCUT2D eigenvalue weighted by Crippen LogP contribution is 2.43. The molecule has 0 aliphatic carbocycles. The lowest BCUT2D eigenvalue weighted by atomic mass is 10.1. The van der Waals surface area contributed by atoms with Crippen LogP contribution in [0.15, 0.2) is 72.9 Å². The molecular formula is C52H91O10P. The molecule has 0 aliphatic heterocycles. The van der Waals surface area contributed by atoms with Gasteiger partial charge in [-0.1, -0.05) is 183 Å². The van der Waals surface area contributed by atoms with Gasteiger partial charge in [0.15, 0.2) is 6.10 Å². The fourth-order valence-electron chi connectivity index (χ4n) is 6.54. The van der Waals surface area contributed by atoms with Gasteiger partial charge in [0.25, 0.3) is 0 Å². The monoisotopic (exact) mass is 907 g/mol. The maximum Gasteiger partial charge on any atom is 0.472 e. The van der Waals surface area contributed by atoms with Crippen molar-refractivity contribution in [2.45, 2.75) is 219 Å². The molecule has 0 spiro atoms. The lowest BCUT2D eigenvalue weighted by Gasteiger charge is -2.20. The zero-order valence-corrected chi connectivity index (χ0v) is 40.7. The molecule has 10 nitrogen and oxygen atoms in total. The van der Waals surface area contributed by atoms with Crippen molar-refractivity contribution in [3.05, 3.63) is 72.9 Å². The summed E-state index contributed by atoms with van der Waals surface area (Å²) in [6.45, 7) is 2.25. The van der Waals surface area contributed by atoms with E-state index < -0.39 is 51.8 Å². The van der Waals surface area contributed by atoms with Crippen LogP contribution in [0.4, 0.5) is 0 Å². The summed E-state index contributed by atoms with van der Waals surface area (Å²) < 4.78 is 32.8. The second-order valence-electron chi connectivity index (χ2n) is 16.5. The Morgan fingerprint density at radius 2 is 0.873 bits per heavy atom. The summed E-state index contributed by atoms with van der Waals surface area (Å²) in [7, 11) is -4.63. The van der Waals surface area contributed by atoms with Gasteiger partial charge in [0, 0.05) is 12.8 Å². The van der Waals surface area contributed by atoms with Crippen molar-refractivity contribution in [1.29, 1.82) is 0 Å². The third kappa shape index (κ3) is 47.2. The summed E-state index contributed by atoms with van der Waals surface area (Å²) in [6, 6.07) is 0. The Bertz CT molecular complexity index is 1270. The lowest BCUT2D eigenvalue weighted by molar-refractivity contribution is -0.161. The Morgan fingerprint density at radius 1 is 0.492 bits per heavy atom. The summed E-state index contributed by atoms with van der Waals surface area (Å²) in [4.78, 5) is 35.2. The fraction of sp³-hybridized carbons (Fsp3) is 0.731. The summed E-state index contributed by atoms with van der Waals surface area (Å²) in [6.07, 6.45) is 55.7. The van der Waals surface area contributed by atoms with Crippen LogP contribution in [0.25, 0.3) is 0 Å². The average molecular weight is 907 g/mol. The summed E-state index contributed by atoms with van der Waals surface area (Å²) in [5.74, 6) is -0.947. The summed E-state index contributed by atoms with van der Waals surface area (Å²) in [5.41, 5.74) is 0. The highest BCUT2D eigenvalue weighted by molar-refractivity contribution is 7.47. The maximum atomic E-state index is 12.7. The summed E-state index contributed by atoms with van der Waals surface area (Å²) >= 11 is 0. The Kier molecular flexibility index (Phi) is 45.4. The van der Waals surface area contributed by atoms with Gasteiger partial charge in [-0.25, -0.2) is 4.57 Å². The zero-order valence-electron chi connectivity index (χ0n) is 39.8. The number of carbonyl (C=O) groups is 2. The highest BCUT2D eigenvalue weighted by atomic mass is 31.2. The number of hydrogen-bond donors (Lipinski definition) is 3. The van der Waals surface area contributed by atoms with Crippen LogP contribution < -0.4 is 0 Å². The quantitative estimate of drug-likeness (QED) is 0.0233. The van der Waals surface area contributed by atoms with E-state index in [9.17, 15) is 24.2 Å². The largest absolute Gasteiger partial charge is 0.472 e. The molecule has 0 saturated heterocycles. The number of phosphoric ester groups is 1. The van der Waals surface area contributed by atoms with Crippen molar-refractivity contribution in [2.75, 3.05) is 26.4 Å². The molecule has 0 aromatic heterocycles. The van der Waals surface area contributed by atoms with Gasteiger partial charge in [-0.2, -0.15) is 0 Å². The third-order valence-electron chi connectivity index (χ3n) is 10.3. The molecule has 3 unspecified atom stereocenters. The van der Waals surface area contributed by atoms with Crippen LogP contribution in [0, 0.1) is 0 Å². The number of carbonyl (C=O) groups excluding carboxylic acids is 2. The van der Waals surface area contributed by atoms with E-state index in [1.165, 1.54) is 70.6 Å². The normalized spacial score (nSPS) is 14.3. The number of esters is 2. The summed E-state index contributed by atoms with van der Waals surface area (Å²) in [5, 5.41) is 18.4. The van der Waals surface area contributed by atoms with Gasteiger partial charge in [0.2, 0.25) is 0 Å². The van der Waals surface area contributed by atoms with Crippen molar-refractivity contribution >= 4 is 19.8 Å². The first-order valence-electron chi connectivity index (χ1n) is 24.9. The third-order valence-corrected chi connectivity index (χ3v) is 11.3. The smallest absolute Gasteiger partial charge is 0.462 e. The number of allylic oxidation sites excluding steroid dienone is 12. The molecule has 3 atom stereocenters. The minimum absolute atomic E-state index is 0.164. The standard InChI is InChI=1S/C52H91O10P/c1-3-5-7-9-11-13-15-17-19-21-23-24-26-27-29-31-33-35-37-39-41-43-51(55)59-47-50(48-61-63(57,58)60-46-49(54)45-53)62-52(56)44-42-40-38-36-34-32-30-28-25-22-20-18-16-14-12-10-8-6-4-2/h6,8,12,14-15,17-18,20-21,23,25,28,49-50,53-54H,3-5,7,9-11,13,16,19,22,24,26-27,29-48H2,1-2H3,(H,57,58)/b8-6-,14-12-,17-15-,20-18-,23-21-,28-25-. The number of hydrogen-bond acceptors (Lipinski definition) is 9. The van der Waals surface area contributed by atoms with Crippen LogP contribution >= 0.6 is 7.82 Å². The first-order valence-corrected chi connectivity index (χ1v) is 26.4. The van der Waals surface area contributed by atoms with E-state index in [4.69, 9.17) is 23.6 Å². The van der Waals surface area contributed by atoms with Crippen LogP contribution in [0.1, 0.15) is 206 Å². The molecule has 0 aromatic carbocycles. The fourth-order valence-corrected chi connectivity index (χ4v) is 7.33. The average Bonchev–Trinajstić information content (AvgIpc) is 3.27. The Labute approximate surface area is 384 Å². The van der Waals surface area contributed by atoms with Crippen LogP contribution in [-0.2, 0) is 32.7 Å². The molecular weight excluding hydrogens is 816 g/mol. The number of aliphatic hydroxyl groups excluding tert-OH is 2. The Balaban J connectivity index is 4.24. The van der Waals surface area contributed by atoms with Crippen LogP contribution in [-0.4, -0.2) is 65.7 Å². The first-order chi connectivity index (χ1) is 30.7. The van der Waals surface area contributed by atoms with E-state index in [1.807, 2.05) is 0 Å². The number of ether oxygens (including phenoxy) is 2. The van der Waals surface area contributed by atoms with Gasteiger partial charge in [0.1, 0.15) is 12.7 Å². The van der Waals surface area contributed by atoms with Crippen molar-refractivity contribution in [2.24, 2.45) is 0 Å². The Morgan fingerprint density at radius 3 is 1.32 bits per heavy atom. The van der Waals surface area contributed by atoms with Crippen molar-refractivity contribution < 1.29 is 47.8 Å². The predicted molar refractivity (Wildman–Crippen MR) is 260 cm³/mol. The molecule has 0 bridgehead atoms. The molecule has 0 fully saturated rings. The van der Waals surface area contributed by atoms with Crippen LogP contribution in [0.3, 0.4) is 0 Å². The molecule has 3 N–H and O–H groups in total. The second kappa shape index (κ2) is 47.4. The van der Waals surface area contributed by atoms with Gasteiger partial charge in [0.05, 0.1) is 19.8 Å². The van der Waals surface area contributed by atoms with E-state index >= 15 is 0 Å². The molecule has 63 heavy (non-hydrogen) atoms. The van der Waals surface area contributed by atoms with Gasteiger partial charge in [-0.05, 0) is 83.5 Å². The van der Waals surface area contributed by atoms with Gasteiger partial charge in [-0.3, -0.25) is 18.6 Å². The Hall–Kier alpha value is -2.59. The van der Waals surface area contributed by atoms with Crippen LogP contribution in [0.5, 0.6) is 0 Å². The molecule has 0 rings (SSSR count). The number of unbranched alkanes of at least 4 members (excludes halogenated alkanes) is 20. The molecule has 0 heterocycles. The minimum atomic E-state index is -4.63. The predicted octanol–water partition coefficient (Wildman–Crippen LogP) is 14.0. The number of rotatable bonds is 46. The molecule has 0 saturated carbocycles. The SMILES string of the molecule is CC/C=C\C/C=C\C/C=C\C/C=C\CCCCCCCCC(=O)OC(COC(=O)CCCCCCCCCCC/C=C\C/C=C\CCCCCCC)COP(=O)(O)OCC(O)CO. The van der Waals surface area contributed by atoms with Gasteiger partial charge in [-0.15, -0.1) is 0 Å². The molecule has 0 aliphatic rings. The van der Waals surface area contributed by atoms with E-state index in [1.54, 1.807) is 0 Å². The molecule has 11 heteroatoms. The van der Waals surface area contributed by atoms with Crippen molar-refractivity contribution in [3.8, 4) is 0 Å². The van der Waals surface area contributed by atoms with E-state index in [0.29, 0.717) is 12.8 Å². The number of phosphoric acid groups is 1. The lowest BCUT2D eigenvalue weighted by Crippen LogP contribution is -2.29. The van der Waals surface area contributed by atoms with Crippen molar-refractivity contribution in [1.82, 2.24) is 0 Å². The van der Waals surface area contributed by atoms with E-state index in [-0.39, 0.29) is 19.4 Å². The number of aliphatic hydroxyl groups is 2. The molecule has 0 aromatic rings. The second-order valence-corrected chi connectivity index (χ2v) is 17.9. The highest BCUT2D eigenvalue weighted by Gasteiger charge is 2.27. The van der Waals surface area contributed by atoms with E-state index in [2.05, 4.69) is 86.8 Å². The first kappa shape index (κ1) is 60.4. The van der Waals surface area contributed by atoms with Gasteiger partial charge >= 0.3 is 19.8 Å². The molecule has 364 valence electrons. The van der Waals surface area contributed by atoms with E-state index in [0.717, 1.165) is 96.3 Å². The minimum Gasteiger partial charge on any atom is -0.462 e. The molecule has 0 amide bonds. The maximum absolute atomic E-state index is 12.7. The topological polar surface area (TPSA) is 149 Å². The zero-order chi connectivity index (χ0) is 46.2. The van der Waals surface area contributed by atoms with Crippen molar-refractivity contribution in [3.63, 3.8) is 0 Å². The van der Waals surface area contributed by atoms with Gasteiger partial charge < -0.3 is 24.6 Å². The molecule has 0 radical (unpaired) electrons. The van der Waals surface area contributed by atoms with Crippen LogP contribution in [0.2, 0.25) is 0 Å².